The van der Waals surface area contributed by atoms with Gasteiger partial charge in [0, 0.05) is 31.0 Å². The van der Waals surface area contributed by atoms with E-state index in [1.54, 1.807) is 29.3 Å². The molecule has 3 rings (SSSR count). The molecule has 5 heteroatoms. The molecular formula is C14H15N3O2. The number of nitrogens with zero attached hydrogens (tertiary/aromatic N) is 3. The van der Waals surface area contributed by atoms with Gasteiger partial charge in [-0.3, -0.25) is 4.79 Å². The number of amides is 1. The number of phenols is 1. The second-order valence-corrected chi connectivity index (χ2v) is 4.76. The smallest absolute Gasteiger partial charge is 0.254 e. The molecule has 0 unspecified atom stereocenters. The summed E-state index contributed by atoms with van der Waals surface area (Å²) >= 11 is 0. The Bertz CT molecular complexity index is 633. The highest BCUT2D eigenvalue weighted by molar-refractivity contribution is 5.95. The van der Waals surface area contributed by atoms with Gasteiger partial charge in [0.1, 0.15) is 11.6 Å². The number of benzene rings is 1. The fraction of sp³-hybridized carbons (Fsp3) is 0.286. The number of aryl methyl sites for hydroxylation is 1. The van der Waals surface area contributed by atoms with Crippen LogP contribution in [-0.2, 0) is 13.1 Å². The highest BCUT2D eigenvalue weighted by Crippen LogP contribution is 2.19. The van der Waals surface area contributed by atoms with E-state index in [4.69, 9.17) is 0 Å². The van der Waals surface area contributed by atoms with Crippen LogP contribution in [0.2, 0.25) is 0 Å². The molecule has 1 aromatic carbocycles. The van der Waals surface area contributed by atoms with Crippen molar-refractivity contribution in [1.29, 1.82) is 0 Å². The lowest BCUT2D eigenvalue weighted by Gasteiger charge is -2.28. The Morgan fingerprint density at radius 1 is 1.37 bits per heavy atom. The van der Waals surface area contributed by atoms with Crippen LogP contribution in [0.5, 0.6) is 5.75 Å². The van der Waals surface area contributed by atoms with Gasteiger partial charge < -0.3 is 14.6 Å². The van der Waals surface area contributed by atoms with Gasteiger partial charge in [-0.25, -0.2) is 4.98 Å². The lowest BCUT2D eigenvalue weighted by atomic mass is 10.1. The molecule has 0 aliphatic carbocycles. The van der Waals surface area contributed by atoms with E-state index in [-0.39, 0.29) is 11.7 Å². The van der Waals surface area contributed by atoms with Gasteiger partial charge in [0.25, 0.3) is 5.91 Å². The molecule has 2 heterocycles. The third-order valence-electron chi connectivity index (χ3n) is 3.47. The summed E-state index contributed by atoms with van der Waals surface area (Å²) in [5.74, 6) is 1.09. The van der Waals surface area contributed by atoms with Gasteiger partial charge in [0.15, 0.2) is 0 Å². The number of imidazole rings is 1. The quantitative estimate of drug-likeness (QED) is 0.843. The molecular weight excluding hydrogens is 242 g/mol. The first-order chi connectivity index (χ1) is 9.15. The summed E-state index contributed by atoms with van der Waals surface area (Å²) in [6, 6.07) is 4.83. The summed E-state index contributed by atoms with van der Waals surface area (Å²) < 4.78 is 2.06. The van der Waals surface area contributed by atoms with Crippen LogP contribution in [0.4, 0.5) is 0 Å². The van der Waals surface area contributed by atoms with E-state index in [1.165, 1.54) is 0 Å². The van der Waals surface area contributed by atoms with Crippen LogP contribution in [0.15, 0.2) is 30.6 Å². The molecule has 0 bridgehead atoms. The molecule has 2 aromatic rings. The molecule has 0 saturated heterocycles. The van der Waals surface area contributed by atoms with Crippen LogP contribution < -0.4 is 0 Å². The van der Waals surface area contributed by atoms with Gasteiger partial charge >= 0.3 is 0 Å². The van der Waals surface area contributed by atoms with Crippen molar-refractivity contribution in [2.24, 2.45) is 0 Å². The van der Waals surface area contributed by atoms with E-state index in [1.807, 2.05) is 13.1 Å². The number of aromatic hydroxyl groups is 1. The van der Waals surface area contributed by atoms with Crippen LogP contribution in [0.3, 0.4) is 0 Å². The molecule has 1 aliphatic heterocycles. The summed E-state index contributed by atoms with van der Waals surface area (Å²) in [6.07, 6.45) is 3.69. The maximum atomic E-state index is 12.5. The number of aromatic nitrogens is 2. The summed E-state index contributed by atoms with van der Waals surface area (Å²) in [6.45, 7) is 3.82. The Morgan fingerprint density at radius 2 is 2.21 bits per heavy atom. The largest absolute Gasteiger partial charge is 0.508 e. The zero-order chi connectivity index (χ0) is 13.4. The minimum Gasteiger partial charge on any atom is -0.508 e. The number of hydrogen-bond donors (Lipinski definition) is 1. The van der Waals surface area contributed by atoms with Crippen molar-refractivity contribution in [3.05, 3.63) is 47.5 Å². The summed E-state index contributed by atoms with van der Waals surface area (Å²) in [7, 11) is 0. The monoisotopic (exact) mass is 257 g/mol. The number of rotatable bonds is 1. The average Bonchev–Trinajstić information content (AvgIpc) is 2.85. The predicted molar refractivity (Wildman–Crippen MR) is 69.8 cm³/mol. The van der Waals surface area contributed by atoms with Crippen molar-refractivity contribution >= 4 is 5.91 Å². The normalized spacial score (nSPS) is 14.3. The van der Waals surface area contributed by atoms with E-state index >= 15 is 0 Å². The van der Waals surface area contributed by atoms with E-state index < -0.39 is 0 Å². The maximum Gasteiger partial charge on any atom is 0.254 e. The molecule has 0 atom stereocenters. The number of fused-ring (bicyclic) bond motifs is 1. The van der Waals surface area contributed by atoms with Gasteiger partial charge in [0.2, 0.25) is 0 Å². The van der Waals surface area contributed by atoms with E-state index in [0.29, 0.717) is 18.7 Å². The van der Waals surface area contributed by atoms with E-state index in [9.17, 15) is 9.90 Å². The predicted octanol–water partition coefficient (Wildman–Crippen LogP) is 1.55. The summed E-state index contributed by atoms with van der Waals surface area (Å²) in [5.41, 5.74) is 1.43. The lowest BCUT2D eigenvalue weighted by Crippen LogP contribution is -2.38. The SMILES string of the molecule is Cc1cc(O)ccc1C(=O)N1CCn2ccnc2C1. The van der Waals surface area contributed by atoms with Crippen LogP contribution in [-0.4, -0.2) is 32.0 Å². The Kier molecular flexibility index (Phi) is 2.74. The molecule has 19 heavy (non-hydrogen) atoms. The molecule has 5 nitrogen and oxygen atoms in total. The molecule has 1 aliphatic rings. The van der Waals surface area contributed by atoms with Crippen molar-refractivity contribution in [3.63, 3.8) is 0 Å². The third kappa shape index (κ3) is 2.07. The number of phenolic OH excluding ortho intramolecular Hbond substituents is 1. The molecule has 1 aromatic heterocycles. The summed E-state index contributed by atoms with van der Waals surface area (Å²) in [4.78, 5) is 18.5. The first-order valence-corrected chi connectivity index (χ1v) is 6.24. The summed E-state index contributed by atoms with van der Waals surface area (Å²) in [5, 5.41) is 9.39. The second kappa shape index (κ2) is 4.42. The molecule has 0 fully saturated rings. The van der Waals surface area contributed by atoms with Gasteiger partial charge in [-0.15, -0.1) is 0 Å². The van der Waals surface area contributed by atoms with Crippen molar-refractivity contribution < 1.29 is 9.90 Å². The van der Waals surface area contributed by atoms with Crippen LogP contribution in [0, 0.1) is 6.92 Å². The van der Waals surface area contributed by atoms with Gasteiger partial charge in [-0.1, -0.05) is 0 Å². The molecule has 1 N–H and O–H groups in total. The molecule has 0 radical (unpaired) electrons. The zero-order valence-corrected chi connectivity index (χ0v) is 10.7. The molecule has 0 saturated carbocycles. The van der Waals surface area contributed by atoms with Gasteiger partial charge in [-0.05, 0) is 30.7 Å². The van der Waals surface area contributed by atoms with Crippen molar-refractivity contribution in [2.45, 2.75) is 20.0 Å². The topological polar surface area (TPSA) is 58.4 Å². The Labute approximate surface area is 111 Å². The third-order valence-corrected chi connectivity index (χ3v) is 3.47. The number of carbonyl (C=O) groups is 1. The van der Waals surface area contributed by atoms with Crippen molar-refractivity contribution in [2.75, 3.05) is 6.54 Å². The van der Waals surface area contributed by atoms with Crippen molar-refractivity contribution in [1.82, 2.24) is 14.5 Å². The Morgan fingerprint density at radius 3 is 3.00 bits per heavy atom. The van der Waals surface area contributed by atoms with Crippen LogP contribution in [0.25, 0.3) is 0 Å². The average molecular weight is 257 g/mol. The first kappa shape index (κ1) is 11.8. The minimum atomic E-state index is -0.00764. The fourth-order valence-corrected chi connectivity index (χ4v) is 2.40. The van der Waals surface area contributed by atoms with Gasteiger partial charge in [-0.2, -0.15) is 0 Å². The standard InChI is InChI=1S/C14H15N3O2/c1-10-8-11(18)2-3-12(10)14(19)17-7-6-16-5-4-15-13(16)9-17/h2-5,8,18H,6-7,9H2,1H3. The molecule has 0 spiro atoms. The zero-order valence-electron chi connectivity index (χ0n) is 10.7. The Hall–Kier alpha value is -2.30. The molecule has 1 amide bonds. The lowest BCUT2D eigenvalue weighted by molar-refractivity contribution is 0.0707. The van der Waals surface area contributed by atoms with Crippen molar-refractivity contribution in [3.8, 4) is 5.75 Å². The van der Waals surface area contributed by atoms with Crippen LogP contribution in [0.1, 0.15) is 21.7 Å². The minimum absolute atomic E-state index is 0.00764. The first-order valence-electron chi connectivity index (χ1n) is 6.24. The second-order valence-electron chi connectivity index (χ2n) is 4.76. The van der Waals surface area contributed by atoms with Gasteiger partial charge in [0.05, 0.1) is 6.54 Å². The Balaban J connectivity index is 1.85. The fourth-order valence-electron chi connectivity index (χ4n) is 2.40. The van der Waals surface area contributed by atoms with Crippen LogP contribution >= 0.6 is 0 Å². The molecule has 98 valence electrons. The number of carbonyl (C=O) groups excluding carboxylic acids is 1. The highest BCUT2D eigenvalue weighted by atomic mass is 16.3. The van der Waals surface area contributed by atoms with E-state index in [2.05, 4.69) is 9.55 Å². The highest BCUT2D eigenvalue weighted by Gasteiger charge is 2.23. The number of hydrogen-bond acceptors (Lipinski definition) is 3. The maximum absolute atomic E-state index is 12.5. The van der Waals surface area contributed by atoms with E-state index in [0.717, 1.165) is 17.9 Å².